The minimum atomic E-state index is -0.667. The highest BCUT2D eigenvalue weighted by Crippen LogP contribution is 2.37. The van der Waals surface area contributed by atoms with Gasteiger partial charge in [0.15, 0.2) is 0 Å². The van der Waals surface area contributed by atoms with Crippen molar-refractivity contribution in [3.63, 3.8) is 0 Å². The second kappa shape index (κ2) is 9.47. The predicted octanol–water partition coefficient (Wildman–Crippen LogP) is 5.78. The van der Waals surface area contributed by atoms with Crippen LogP contribution in [0.2, 0.25) is 0 Å². The number of nitrogens with zero attached hydrogens (tertiary/aromatic N) is 1. The lowest BCUT2D eigenvalue weighted by Gasteiger charge is -2.28. The summed E-state index contributed by atoms with van der Waals surface area (Å²) in [5, 5.41) is 16.4. The maximum atomic E-state index is 10.9. The van der Waals surface area contributed by atoms with E-state index in [0.29, 0.717) is 30.1 Å². The Morgan fingerprint density at radius 3 is 2.41 bits per heavy atom. The molecule has 0 bridgehead atoms. The number of aromatic nitrogens is 2. The van der Waals surface area contributed by atoms with E-state index in [4.69, 9.17) is 9.84 Å². The molecule has 0 spiro atoms. The molecule has 0 saturated heterocycles. The molecule has 0 unspecified atom stereocenters. The Labute approximate surface area is 172 Å². The Morgan fingerprint density at radius 2 is 1.72 bits per heavy atom. The summed E-state index contributed by atoms with van der Waals surface area (Å²) < 4.78 is 5.92. The van der Waals surface area contributed by atoms with Gasteiger partial charge in [0.1, 0.15) is 0 Å². The Kier molecular flexibility index (Phi) is 6.53. The van der Waals surface area contributed by atoms with Crippen LogP contribution in [-0.4, -0.2) is 27.9 Å². The quantitative estimate of drug-likeness (QED) is 0.621. The Bertz CT molecular complexity index is 785. The van der Waals surface area contributed by atoms with E-state index in [0.717, 1.165) is 43.5 Å². The summed E-state index contributed by atoms with van der Waals surface area (Å²) in [5.74, 6) is 1.59. The second-order valence-corrected chi connectivity index (χ2v) is 8.87. The lowest BCUT2D eigenvalue weighted by Crippen LogP contribution is -2.16. The van der Waals surface area contributed by atoms with Gasteiger partial charge >= 0.3 is 5.97 Å². The molecule has 1 aromatic heterocycles. The van der Waals surface area contributed by atoms with Crippen LogP contribution in [0.3, 0.4) is 0 Å². The summed E-state index contributed by atoms with van der Waals surface area (Å²) in [6.07, 6.45) is 11.1. The summed E-state index contributed by atoms with van der Waals surface area (Å²) in [6, 6.07) is 10.7. The van der Waals surface area contributed by atoms with Gasteiger partial charge in [-0.2, -0.15) is 0 Å². The van der Waals surface area contributed by atoms with Crippen molar-refractivity contribution in [1.82, 2.24) is 10.2 Å². The molecule has 1 aromatic carbocycles. The monoisotopic (exact) mass is 396 g/mol. The zero-order chi connectivity index (χ0) is 20.1. The number of benzene rings is 1. The van der Waals surface area contributed by atoms with Gasteiger partial charge in [-0.25, -0.2) is 0 Å². The van der Waals surface area contributed by atoms with Crippen LogP contribution in [0.5, 0.6) is 5.88 Å². The highest BCUT2D eigenvalue weighted by Gasteiger charge is 2.24. The fourth-order valence-corrected chi connectivity index (χ4v) is 4.96. The van der Waals surface area contributed by atoms with E-state index in [1.165, 1.54) is 37.7 Å². The molecule has 4 rings (SSSR count). The average molecular weight is 397 g/mol. The number of H-pyrrole nitrogens is 1. The highest BCUT2D eigenvalue weighted by atomic mass is 16.5. The number of carbonyl (C=O) groups is 1. The van der Waals surface area contributed by atoms with Crippen LogP contribution in [0.1, 0.15) is 75.7 Å². The number of aliphatic carboxylic acids is 1. The molecule has 5 nitrogen and oxygen atoms in total. The maximum absolute atomic E-state index is 10.9. The topological polar surface area (TPSA) is 75.2 Å². The van der Waals surface area contributed by atoms with Gasteiger partial charge in [-0.15, -0.1) is 5.10 Å². The van der Waals surface area contributed by atoms with Crippen LogP contribution < -0.4 is 4.74 Å². The molecule has 0 aliphatic heterocycles. The fraction of sp³-hybridized carbons (Fsp3) is 0.583. The third-order valence-corrected chi connectivity index (χ3v) is 6.75. The lowest BCUT2D eigenvalue weighted by molar-refractivity contribution is -0.138. The number of hydrogen-bond acceptors (Lipinski definition) is 3. The van der Waals surface area contributed by atoms with E-state index >= 15 is 0 Å². The predicted molar refractivity (Wildman–Crippen MR) is 113 cm³/mol. The number of carboxylic acid groups (broad SMARTS) is 1. The van der Waals surface area contributed by atoms with Crippen LogP contribution in [0.4, 0.5) is 0 Å². The van der Waals surface area contributed by atoms with E-state index in [-0.39, 0.29) is 0 Å². The molecule has 1 heterocycles. The first-order chi connectivity index (χ1) is 14.2. The average Bonchev–Trinajstić information content (AvgIpc) is 3.22. The second-order valence-electron chi connectivity index (χ2n) is 8.87. The normalized spacial score (nSPS) is 23.0. The molecule has 2 aliphatic carbocycles. The van der Waals surface area contributed by atoms with E-state index in [1.54, 1.807) is 0 Å². The summed E-state index contributed by atoms with van der Waals surface area (Å²) in [7, 11) is 0. The zero-order valence-electron chi connectivity index (χ0n) is 17.1. The Morgan fingerprint density at radius 1 is 1.00 bits per heavy atom. The van der Waals surface area contributed by atoms with Crippen LogP contribution in [0.15, 0.2) is 30.3 Å². The molecular weight excluding hydrogens is 364 g/mol. The highest BCUT2D eigenvalue weighted by molar-refractivity contribution is 5.67. The number of ether oxygens (including phenoxy) is 1. The van der Waals surface area contributed by atoms with Crippen molar-refractivity contribution >= 4 is 5.97 Å². The molecule has 0 amide bonds. The van der Waals surface area contributed by atoms with Crippen LogP contribution in [0, 0.1) is 11.8 Å². The van der Waals surface area contributed by atoms with Gasteiger partial charge in [0.2, 0.25) is 5.88 Å². The molecule has 2 aromatic rings. The van der Waals surface area contributed by atoms with Gasteiger partial charge < -0.3 is 9.84 Å². The van der Waals surface area contributed by atoms with Gasteiger partial charge in [-0.3, -0.25) is 9.89 Å². The van der Waals surface area contributed by atoms with Gasteiger partial charge in [0.25, 0.3) is 0 Å². The molecule has 2 N–H and O–H groups in total. The van der Waals surface area contributed by atoms with Crippen LogP contribution in [0.25, 0.3) is 11.3 Å². The van der Waals surface area contributed by atoms with Gasteiger partial charge in [-0.1, -0.05) is 43.5 Å². The number of aromatic amines is 1. The molecule has 0 radical (unpaired) electrons. The van der Waals surface area contributed by atoms with Crippen molar-refractivity contribution in [2.75, 3.05) is 6.61 Å². The summed E-state index contributed by atoms with van der Waals surface area (Å²) in [4.78, 5) is 10.9. The van der Waals surface area contributed by atoms with Crippen LogP contribution in [-0.2, 0) is 4.79 Å². The standard InChI is InChI=1S/C24H32N2O3/c27-24(28)14-17-6-8-19(9-7-17)20-10-12-21(13-11-20)22-15-23(26-25-22)29-16-18-4-2-1-3-5-18/h10-13,15,17-19H,1-9,14,16H2,(H,25,26)(H,27,28)/t17-,19-. The number of carboxylic acids is 1. The van der Waals surface area contributed by atoms with E-state index in [1.807, 2.05) is 6.07 Å². The van der Waals surface area contributed by atoms with Crippen molar-refractivity contribution in [1.29, 1.82) is 0 Å². The van der Waals surface area contributed by atoms with E-state index in [2.05, 4.69) is 34.5 Å². The third kappa shape index (κ3) is 5.40. The van der Waals surface area contributed by atoms with Gasteiger partial charge in [0.05, 0.1) is 12.3 Å². The Balaban J connectivity index is 1.30. The molecule has 156 valence electrons. The number of hydrogen-bond donors (Lipinski definition) is 2. The molecular formula is C24H32N2O3. The van der Waals surface area contributed by atoms with Crippen molar-refractivity contribution in [3.05, 3.63) is 35.9 Å². The SMILES string of the molecule is O=C(O)C[C@H]1CC[C@H](c2ccc(-c3cc(OCC4CCCCC4)n[nH]3)cc2)CC1. The summed E-state index contributed by atoms with van der Waals surface area (Å²) in [6.45, 7) is 0.772. The molecule has 2 fully saturated rings. The maximum Gasteiger partial charge on any atom is 0.303 e. The van der Waals surface area contributed by atoms with Gasteiger partial charge in [-0.05, 0) is 67.4 Å². The fourth-order valence-electron chi connectivity index (χ4n) is 4.96. The largest absolute Gasteiger partial charge is 0.481 e. The molecule has 2 aliphatic rings. The number of rotatable bonds is 7. The number of nitrogens with one attached hydrogen (secondary N) is 1. The summed E-state index contributed by atoms with van der Waals surface area (Å²) in [5.41, 5.74) is 3.46. The van der Waals surface area contributed by atoms with Crippen LogP contribution >= 0.6 is 0 Å². The smallest absolute Gasteiger partial charge is 0.303 e. The van der Waals surface area contributed by atoms with Crippen molar-refractivity contribution in [2.24, 2.45) is 11.8 Å². The summed E-state index contributed by atoms with van der Waals surface area (Å²) >= 11 is 0. The molecule has 5 heteroatoms. The molecule has 2 saturated carbocycles. The van der Waals surface area contributed by atoms with Crippen molar-refractivity contribution in [2.45, 2.75) is 70.1 Å². The first-order valence-corrected chi connectivity index (χ1v) is 11.2. The first kappa shape index (κ1) is 20.0. The minimum absolute atomic E-state index is 0.316. The van der Waals surface area contributed by atoms with Crippen molar-refractivity contribution in [3.8, 4) is 17.1 Å². The zero-order valence-corrected chi connectivity index (χ0v) is 17.1. The first-order valence-electron chi connectivity index (χ1n) is 11.2. The van der Waals surface area contributed by atoms with E-state index < -0.39 is 5.97 Å². The van der Waals surface area contributed by atoms with E-state index in [9.17, 15) is 4.79 Å². The Hall–Kier alpha value is -2.30. The molecule has 0 atom stereocenters. The van der Waals surface area contributed by atoms with Gasteiger partial charge in [0, 0.05) is 12.5 Å². The van der Waals surface area contributed by atoms with Crippen molar-refractivity contribution < 1.29 is 14.6 Å². The third-order valence-electron chi connectivity index (χ3n) is 6.75. The minimum Gasteiger partial charge on any atom is -0.481 e. The lowest BCUT2D eigenvalue weighted by atomic mass is 9.77. The molecule has 29 heavy (non-hydrogen) atoms.